The second kappa shape index (κ2) is 9.97. The number of hydrazine groups is 1. The van der Waals surface area contributed by atoms with Crippen molar-refractivity contribution in [3.63, 3.8) is 0 Å². The number of rotatable bonds is 6. The van der Waals surface area contributed by atoms with Crippen molar-refractivity contribution >= 4 is 11.6 Å². The fourth-order valence-electron chi connectivity index (χ4n) is 3.41. The van der Waals surface area contributed by atoms with Crippen molar-refractivity contribution in [2.45, 2.75) is 46.0 Å². The van der Waals surface area contributed by atoms with E-state index in [0.717, 1.165) is 18.4 Å². The van der Waals surface area contributed by atoms with Crippen molar-refractivity contribution in [1.82, 2.24) is 5.43 Å². The van der Waals surface area contributed by atoms with Gasteiger partial charge in [-0.05, 0) is 60.9 Å². The Labute approximate surface area is 157 Å². The van der Waals surface area contributed by atoms with Crippen molar-refractivity contribution in [1.29, 1.82) is 0 Å². The second-order valence-electron chi connectivity index (χ2n) is 6.78. The van der Waals surface area contributed by atoms with Gasteiger partial charge in [-0.1, -0.05) is 43.8 Å². The van der Waals surface area contributed by atoms with Crippen LogP contribution < -0.4 is 16.2 Å². The average Bonchev–Trinajstić information content (AvgIpc) is 2.68. The van der Waals surface area contributed by atoms with Crippen LogP contribution in [0.15, 0.2) is 48.5 Å². The average molecular weight is 354 g/mol. The highest BCUT2D eigenvalue weighted by Crippen LogP contribution is 2.21. The first-order valence-corrected chi connectivity index (χ1v) is 9.16. The molecule has 2 aromatic rings. The number of hydrogen-bond acceptors (Lipinski definition) is 3. The molecule has 0 aromatic heterocycles. The van der Waals surface area contributed by atoms with Gasteiger partial charge in [-0.3, -0.25) is 10.2 Å². The van der Waals surface area contributed by atoms with Crippen LogP contribution in [-0.4, -0.2) is 19.0 Å². The maximum atomic E-state index is 11.3. The molecule has 26 heavy (non-hydrogen) atoms. The number of hydrogen-bond donors (Lipinski definition) is 2. The lowest BCUT2D eigenvalue weighted by molar-refractivity contribution is -0.120. The van der Waals surface area contributed by atoms with Gasteiger partial charge in [0.2, 0.25) is 5.91 Å². The van der Waals surface area contributed by atoms with Crippen LogP contribution >= 0.6 is 0 Å². The van der Waals surface area contributed by atoms with E-state index in [1.54, 1.807) is 0 Å². The van der Waals surface area contributed by atoms with Gasteiger partial charge in [0, 0.05) is 18.8 Å². The van der Waals surface area contributed by atoms with Crippen LogP contribution in [0.2, 0.25) is 0 Å². The van der Waals surface area contributed by atoms with Crippen molar-refractivity contribution in [3.05, 3.63) is 65.2 Å². The van der Waals surface area contributed by atoms with E-state index in [1.165, 1.54) is 49.2 Å². The van der Waals surface area contributed by atoms with Gasteiger partial charge >= 0.3 is 0 Å². The number of aryl methyl sites for hydroxylation is 2. The Morgan fingerprint density at radius 2 is 1.58 bits per heavy atom. The molecule has 0 aliphatic carbocycles. The Kier molecular flexibility index (Phi) is 7.67. The highest BCUT2D eigenvalue weighted by Gasteiger charge is 2.11. The van der Waals surface area contributed by atoms with Crippen LogP contribution in [0.3, 0.4) is 0 Å². The highest BCUT2D eigenvalue weighted by atomic mass is 16.2. The Balaban J connectivity index is 0.00000243. The Hall–Kier alpha value is -2.33. The SMILES string of the molecule is C.NNC(=O)Cc1ccc(CCc2cccc(N3CCCCC3)c2)cc1. The largest absolute Gasteiger partial charge is 0.372 e. The van der Waals surface area contributed by atoms with E-state index < -0.39 is 0 Å². The quantitative estimate of drug-likeness (QED) is 0.474. The summed E-state index contributed by atoms with van der Waals surface area (Å²) in [6, 6.07) is 17.2. The van der Waals surface area contributed by atoms with Gasteiger partial charge in [-0.15, -0.1) is 0 Å². The summed E-state index contributed by atoms with van der Waals surface area (Å²) in [4.78, 5) is 13.8. The summed E-state index contributed by atoms with van der Waals surface area (Å²) in [5.74, 6) is 4.96. The predicted molar refractivity (Wildman–Crippen MR) is 109 cm³/mol. The van der Waals surface area contributed by atoms with Crippen molar-refractivity contribution in [2.75, 3.05) is 18.0 Å². The van der Waals surface area contributed by atoms with E-state index in [0.29, 0.717) is 6.42 Å². The summed E-state index contributed by atoms with van der Waals surface area (Å²) in [7, 11) is 0. The Bertz CT molecular complexity index is 691. The van der Waals surface area contributed by atoms with E-state index in [9.17, 15) is 4.79 Å². The Morgan fingerprint density at radius 1 is 0.923 bits per heavy atom. The number of nitrogens with one attached hydrogen (secondary N) is 1. The first-order valence-electron chi connectivity index (χ1n) is 9.16. The third-order valence-corrected chi connectivity index (χ3v) is 4.88. The summed E-state index contributed by atoms with van der Waals surface area (Å²) in [5.41, 5.74) is 7.19. The molecule has 1 fully saturated rings. The van der Waals surface area contributed by atoms with Gasteiger partial charge in [-0.25, -0.2) is 5.84 Å². The molecule has 1 saturated heterocycles. The number of carbonyl (C=O) groups is 1. The smallest absolute Gasteiger partial charge is 0.238 e. The van der Waals surface area contributed by atoms with Gasteiger partial charge in [0.1, 0.15) is 0 Å². The second-order valence-corrected chi connectivity index (χ2v) is 6.78. The molecule has 4 nitrogen and oxygen atoms in total. The molecule has 0 bridgehead atoms. The van der Waals surface area contributed by atoms with Crippen LogP contribution in [0.4, 0.5) is 5.69 Å². The van der Waals surface area contributed by atoms with Gasteiger partial charge in [0.15, 0.2) is 0 Å². The molecule has 3 rings (SSSR count). The zero-order chi connectivity index (χ0) is 17.5. The fourth-order valence-corrected chi connectivity index (χ4v) is 3.41. The molecule has 0 unspecified atom stereocenters. The fraction of sp³-hybridized carbons (Fsp3) is 0.409. The molecule has 140 valence electrons. The summed E-state index contributed by atoms with van der Waals surface area (Å²) < 4.78 is 0. The molecule has 3 N–H and O–H groups in total. The number of anilines is 1. The molecule has 1 aliphatic heterocycles. The molecule has 0 spiro atoms. The molecule has 0 radical (unpaired) electrons. The lowest BCUT2D eigenvalue weighted by Crippen LogP contribution is -2.31. The number of nitrogens with two attached hydrogens (primary N) is 1. The molecule has 1 heterocycles. The number of amides is 1. The number of nitrogens with zero attached hydrogens (tertiary/aromatic N) is 1. The van der Waals surface area contributed by atoms with E-state index in [2.05, 4.69) is 46.7 Å². The predicted octanol–water partition coefficient (Wildman–Crippen LogP) is 3.63. The maximum Gasteiger partial charge on any atom is 0.238 e. The maximum absolute atomic E-state index is 11.3. The van der Waals surface area contributed by atoms with Crippen LogP contribution in [0, 0.1) is 0 Å². The lowest BCUT2D eigenvalue weighted by Gasteiger charge is -2.29. The third kappa shape index (κ3) is 5.60. The molecule has 1 aliphatic rings. The minimum atomic E-state index is -0.165. The first kappa shape index (κ1) is 20.0. The standard InChI is InChI=1S/C21H27N3O.CH4/c22-23-21(25)16-19-11-8-17(9-12-19)7-10-18-5-4-6-20(15-18)24-13-2-1-3-14-24;/h4-6,8-9,11-12,15H,1-3,7,10,13-14,16,22H2,(H,23,25);1H4. The van der Waals surface area contributed by atoms with E-state index >= 15 is 0 Å². The van der Waals surface area contributed by atoms with E-state index in [-0.39, 0.29) is 13.3 Å². The first-order chi connectivity index (χ1) is 12.2. The molecular weight excluding hydrogens is 322 g/mol. The summed E-state index contributed by atoms with van der Waals surface area (Å²) in [6.07, 6.45) is 6.34. The number of piperidine rings is 1. The van der Waals surface area contributed by atoms with Crippen molar-refractivity contribution in [2.24, 2.45) is 5.84 Å². The molecule has 1 amide bonds. The normalized spacial score (nSPS) is 13.8. The lowest BCUT2D eigenvalue weighted by atomic mass is 10.0. The Morgan fingerprint density at radius 3 is 2.27 bits per heavy atom. The molecule has 2 aromatic carbocycles. The molecular formula is C22H31N3O. The topological polar surface area (TPSA) is 58.4 Å². The highest BCUT2D eigenvalue weighted by molar-refractivity contribution is 5.77. The van der Waals surface area contributed by atoms with Gasteiger partial charge < -0.3 is 4.90 Å². The van der Waals surface area contributed by atoms with Crippen molar-refractivity contribution < 1.29 is 4.79 Å². The van der Waals surface area contributed by atoms with Gasteiger partial charge in [0.05, 0.1) is 6.42 Å². The number of carbonyl (C=O) groups excluding carboxylic acids is 1. The minimum absolute atomic E-state index is 0. The minimum Gasteiger partial charge on any atom is -0.372 e. The molecule has 0 saturated carbocycles. The van der Waals surface area contributed by atoms with Crippen LogP contribution in [0.5, 0.6) is 0 Å². The number of benzene rings is 2. The van der Waals surface area contributed by atoms with Gasteiger partial charge in [-0.2, -0.15) is 0 Å². The van der Waals surface area contributed by atoms with E-state index in [4.69, 9.17) is 5.84 Å². The van der Waals surface area contributed by atoms with E-state index in [1.807, 2.05) is 12.1 Å². The van der Waals surface area contributed by atoms with Crippen LogP contribution in [-0.2, 0) is 24.1 Å². The summed E-state index contributed by atoms with van der Waals surface area (Å²) in [5, 5.41) is 0. The zero-order valence-electron chi connectivity index (χ0n) is 14.7. The molecule has 4 heteroatoms. The third-order valence-electron chi connectivity index (χ3n) is 4.88. The van der Waals surface area contributed by atoms with Gasteiger partial charge in [0.25, 0.3) is 0 Å². The monoisotopic (exact) mass is 353 g/mol. The molecule has 0 atom stereocenters. The summed E-state index contributed by atoms with van der Waals surface area (Å²) >= 11 is 0. The zero-order valence-corrected chi connectivity index (χ0v) is 14.7. The van der Waals surface area contributed by atoms with Crippen LogP contribution in [0.1, 0.15) is 43.4 Å². The van der Waals surface area contributed by atoms with Crippen LogP contribution in [0.25, 0.3) is 0 Å². The van der Waals surface area contributed by atoms with Crippen molar-refractivity contribution in [3.8, 4) is 0 Å². The summed E-state index contributed by atoms with van der Waals surface area (Å²) in [6.45, 7) is 2.36.